The summed E-state index contributed by atoms with van der Waals surface area (Å²) in [6.45, 7) is 4.62. The minimum atomic E-state index is 0.420. The first-order chi connectivity index (χ1) is 7.61. The number of aromatic amines is 1. The number of halogens is 1. The van der Waals surface area contributed by atoms with Crippen LogP contribution in [0.5, 0.6) is 0 Å². The van der Waals surface area contributed by atoms with Crippen LogP contribution in [0.15, 0.2) is 22.8 Å². The van der Waals surface area contributed by atoms with Crippen LogP contribution in [0.3, 0.4) is 0 Å². The molecule has 0 saturated heterocycles. The van der Waals surface area contributed by atoms with E-state index >= 15 is 0 Å². The second-order valence-electron chi connectivity index (χ2n) is 3.85. The van der Waals surface area contributed by atoms with Crippen molar-refractivity contribution in [2.45, 2.75) is 20.4 Å². The first-order valence-corrected chi connectivity index (χ1v) is 5.93. The highest BCUT2D eigenvalue weighted by Crippen LogP contribution is 2.27. The van der Waals surface area contributed by atoms with Crippen molar-refractivity contribution in [3.05, 3.63) is 39.8 Å². The first kappa shape index (κ1) is 11.4. The van der Waals surface area contributed by atoms with Crippen LogP contribution < -0.4 is 5.73 Å². The van der Waals surface area contributed by atoms with Crippen molar-refractivity contribution in [1.82, 2.24) is 9.97 Å². The SMILES string of the molecule is Cc1ccc(-c2nc(CN)[nH]c2Br)cc1C. The molecule has 1 heterocycles. The smallest absolute Gasteiger partial charge is 0.121 e. The molecule has 1 aromatic heterocycles. The molecule has 0 saturated carbocycles. The molecule has 0 fully saturated rings. The fourth-order valence-corrected chi connectivity index (χ4v) is 2.12. The van der Waals surface area contributed by atoms with Gasteiger partial charge >= 0.3 is 0 Å². The zero-order chi connectivity index (χ0) is 11.7. The molecule has 0 amide bonds. The number of hydrogen-bond donors (Lipinski definition) is 2. The Balaban J connectivity index is 2.49. The quantitative estimate of drug-likeness (QED) is 0.888. The molecular weight excluding hydrogens is 266 g/mol. The number of aryl methyl sites for hydroxylation is 2. The standard InChI is InChI=1S/C12H14BrN3/c1-7-3-4-9(5-8(7)2)11-12(13)16-10(6-14)15-11/h3-5H,6,14H2,1-2H3,(H,15,16). The Labute approximate surface area is 103 Å². The number of nitrogens with two attached hydrogens (primary N) is 1. The summed E-state index contributed by atoms with van der Waals surface area (Å²) in [6, 6.07) is 6.31. The number of H-pyrrole nitrogens is 1. The first-order valence-electron chi connectivity index (χ1n) is 5.14. The van der Waals surface area contributed by atoms with Crippen LogP contribution >= 0.6 is 15.9 Å². The second kappa shape index (κ2) is 4.39. The Morgan fingerprint density at radius 2 is 2.06 bits per heavy atom. The van der Waals surface area contributed by atoms with E-state index in [4.69, 9.17) is 5.73 Å². The van der Waals surface area contributed by atoms with Gasteiger partial charge in [0.1, 0.15) is 16.1 Å². The lowest BCUT2D eigenvalue weighted by Crippen LogP contribution is -1.97. The van der Waals surface area contributed by atoms with E-state index in [1.807, 2.05) is 0 Å². The van der Waals surface area contributed by atoms with E-state index in [0.717, 1.165) is 21.7 Å². The lowest BCUT2D eigenvalue weighted by molar-refractivity contribution is 0.947. The molecule has 0 unspecified atom stereocenters. The molecule has 0 bridgehead atoms. The van der Waals surface area contributed by atoms with Gasteiger partial charge in [0.2, 0.25) is 0 Å². The molecule has 0 aliphatic carbocycles. The average molecular weight is 280 g/mol. The van der Waals surface area contributed by atoms with E-state index in [-0.39, 0.29) is 0 Å². The van der Waals surface area contributed by atoms with Gasteiger partial charge in [0, 0.05) is 5.56 Å². The maximum atomic E-state index is 5.55. The Kier molecular flexibility index (Phi) is 3.12. The molecule has 4 heteroatoms. The van der Waals surface area contributed by atoms with Crippen molar-refractivity contribution in [2.75, 3.05) is 0 Å². The van der Waals surface area contributed by atoms with Gasteiger partial charge in [0.15, 0.2) is 0 Å². The molecule has 2 aromatic rings. The van der Waals surface area contributed by atoms with Crippen molar-refractivity contribution in [3.63, 3.8) is 0 Å². The van der Waals surface area contributed by atoms with Gasteiger partial charge in [0.05, 0.1) is 6.54 Å². The fourth-order valence-electron chi connectivity index (χ4n) is 1.57. The lowest BCUT2D eigenvalue weighted by atomic mass is 10.1. The monoisotopic (exact) mass is 279 g/mol. The molecule has 0 aliphatic heterocycles. The molecular formula is C12H14BrN3. The van der Waals surface area contributed by atoms with E-state index in [9.17, 15) is 0 Å². The summed E-state index contributed by atoms with van der Waals surface area (Å²) in [4.78, 5) is 7.55. The molecule has 3 nitrogen and oxygen atoms in total. The maximum Gasteiger partial charge on any atom is 0.121 e. The van der Waals surface area contributed by atoms with Gasteiger partial charge in [-0.05, 0) is 47.0 Å². The van der Waals surface area contributed by atoms with E-state index in [2.05, 4.69) is 57.9 Å². The number of rotatable bonds is 2. The number of benzene rings is 1. The fraction of sp³-hybridized carbons (Fsp3) is 0.250. The van der Waals surface area contributed by atoms with Gasteiger partial charge in [0.25, 0.3) is 0 Å². The molecule has 3 N–H and O–H groups in total. The van der Waals surface area contributed by atoms with Crippen molar-refractivity contribution < 1.29 is 0 Å². The van der Waals surface area contributed by atoms with Gasteiger partial charge in [-0.1, -0.05) is 12.1 Å². The number of aromatic nitrogens is 2. The van der Waals surface area contributed by atoms with Crippen LogP contribution in [0.2, 0.25) is 0 Å². The van der Waals surface area contributed by atoms with Crippen LogP contribution in [-0.2, 0) is 6.54 Å². The number of hydrogen-bond acceptors (Lipinski definition) is 2. The molecule has 0 spiro atoms. The Morgan fingerprint density at radius 3 is 2.62 bits per heavy atom. The summed E-state index contributed by atoms with van der Waals surface area (Å²) >= 11 is 3.46. The highest BCUT2D eigenvalue weighted by Gasteiger charge is 2.09. The molecule has 0 radical (unpaired) electrons. The molecule has 0 atom stereocenters. The summed E-state index contributed by atoms with van der Waals surface area (Å²) in [5, 5.41) is 0. The van der Waals surface area contributed by atoms with Crippen molar-refractivity contribution in [1.29, 1.82) is 0 Å². The molecule has 2 rings (SSSR count). The van der Waals surface area contributed by atoms with E-state index in [1.165, 1.54) is 11.1 Å². The number of nitrogens with one attached hydrogen (secondary N) is 1. The van der Waals surface area contributed by atoms with E-state index in [1.54, 1.807) is 0 Å². The van der Waals surface area contributed by atoms with Crippen LogP contribution in [0, 0.1) is 13.8 Å². The molecule has 1 aromatic carbocycles. The van der Waals surface area contributed by atoms with Gasteiger partial charge < -0.3 is 10.7 Å². The summed E-state index contributed by atoms with van der Waals surface area (Å²) in [6.07, 6.45) is 0. The average Bonchev–Trinajstić information content (AvgIpc) is 2.64. The minimum absolute atomic E-state index is 0.420. The summed E-state index contributed by atoms with van der Waals surface area (Å²) in [5.41, 5.74) is 10.1. The minimum Gasteiger partial charge on any atom is -0.335 e. The second-order valence-corrected chi connectivity index (χ2v) is 4.64. The lowest BCUT2D eigenvalue weighted by Gasteiger charge is -2.03. The van der Waals surface area contributed by atoms with Gasteiger partial charge in [-0.2, -0.15) is 0 Å². The van der Waals surface area contributed by atoms with E-state index < -0.39 is 0 Å². The highest BCUT2D eigenvalue weighted by atomic mass is 79.9. The summed E-state index contributed by atoms with van der Waals surface area (Å²) in [7, 11) is 0. The molecule has 84 valence electrons. The third kappa shape index (κ3) is 2.03. The molecule has 0 aliphatic rings. The van der Waals surface area contributed by atoms with Gasteiger partial charge in [-0.25, -0.2) is 4.98 Å². The van der Waals surface area contributed by atoms with Crippen molar-refractivity contribution >= 4 is 15.9 Å². The number of nitrogens with zero attached hydrogens (tertiary/aromatic N) is 1. The predicted octanol–water partition coefficient (Wildman–Crippen LogP) is 2.91. The normalized spacial score (nSPS) is 10.8. The summed E-state index contributed by atoms with van der Waals surface area (Å²) in [5.74, 6) is 0.792. The zero-order valence-electron chi connectivity index (χ0n) is 9.34. The summed E-state index contributed by atoms with van der Waals surface area (Å²) < 4.78 is 0.885. The van der Waals surface area contributed by atoms with Crippen LogP contribution in [0.1, 0.15) is 17.0 Å². The van der Waals surface area contributed by atoms with Gasteiger partial charge in [-0.3, -0.25) is 0 Å². The van der Waals surface area contributed by atoms with E-state index in [0.29, 0.717) is 6.54 Å². The predicted molar refractivity (Wildman–Crippen MR) is 69.1 cm³/mol. The number of imidazole rings is 1. The van der Waals surface area contributed by atoms with Crippen molar-refractivity contribution in [3.8, 4) is 11.3 Å². The van der Waals surface area contributed by atoms with Gasteiger partial charge in [-0.15, -0.1) is 0 Å². The third-order valence-corrected chi connectivity index (χ3v) is 3.26. The largest absolute Gasteiger partial charge is 0.335 e. The Bertz CT molecular complexity index is 517. The van der Waals surface area contributed by atoms with Crippen LogP contribution in [-0.4, -0.2) is 9.97 Å². The Hall–Kier alpha value is -1.13. The highest BCUT2D eigenvalue weighted by molar-refractivity contribution is 9.10. The zero-order valence-corrected chi connectivity index (χ0v) is 10.9. The van der Waals surface area contributed by atoms with Crippen LogP contribution in [0.25, 0.3) is 11.3 Å². The molecule has 16 heavy (non-hydrogen) atoms. The van der Waals surface area contributed by atoms with Crippen LogP contribution in [0.4, 0.5) is 0 Å². The maximum absolute atomic E-state index is 5.55. The van der Waals surface area contributed by atoms with Crippen molar-refractivity contribution in [2.24, 2.45) is 5.73 Å². The topological polar surface area (TPSA) is 54.7 Å². The third-order valence-electron chi connectivity index (χ3n) is 2.68. The Morgan fingerprint density at radius 1 is 1.31 bits per heavy atom.